The molecule has 1 aromatic rings. The van der Waals surface area contributed by atoms with E-state index < -0.39 is 10.0 Å². The molecule has 1 aliphatic heterocycles. The summed E-state index contributed by atoms with van der Waals surface area (Å²) < 4.78 is 30.5. The zero-order valence-electron chi connectivity index (χ0n) is 12.8. The van der Waals surface area contributed by atoms with Gasteiger partial charge in [-0.1, -0.05) is 6.92 Å². The molecule has 0 radical (unpaired) electrons. The molecule has 1 fully saturated rings. The summed E-state index contributed by atoms with van der Waals surface area (Å²) >= 11 is 0. The highest BCUT2D eigenvalue weighted by Crippen LogP contribution is 2.29. The van der Waals surface area contributed by atoms with Crippen molar-refractivity contribution < 1.29 is 13.2 Å². The van der Waals surface area contributed by atoms with Crippen molar-refractivity contribution in [2.45, 2.75) is 24.7 Å². The maximum absolute atomic E-state index is 12.0. The van der Waals surface area contributed by atoms with E-state index in [9.17, 15) is 8.42 Å². The fraction of sp³-hybridized carbons (Fsp3) is 0.643. The van der Waals surface area contributed by atoms with Gasteiger partial charge in [0, 0.05) is 40.1 Å². The number of nitrogens with zero attached hydrogens (tertiary/aromatic N) is 2. The topological polar surface area (TPSA) is 71.5 Å². The van der Waals surface area contributed by atoms with E-state index in [4.69, 9.17) is 4.74 Å². The minimum atomic E-state index is -3.41. The highest BCUT2D eigenvalue weighted by atomic mass is 32.2. The van der Waals surface area contributed by atoms with Gasteiger partial charge in [0.2, 0.25) is 10.0 Å². The van der Waals surface area contributed by atoms with E-state index in [0.717, 1.165) is 32.6 Å². The van der Waals surface area contributed by atoms with E-state index in [1.807, 2.05) is 0 Å². The highest BCUT2D eigenvalue weighted by Gasteiger charge is 2.27. The van der Waals surface area contributed by atoms with E-state index in [-0.39, 0.29) is 10.3 Å². The lowest BCUT2D eigenvalue weighted by Gasteiger charge is -2.33. The van der Waals surface area contributed by atoms with Crippen LogP contribution in [0.5, 0.6) is 0 Å². The van der Waals surface area contributed by atoms with E-state index in [2.05, 4.69) is 17.2 Å². The summed E-state index contributed by atoms with van der Waals surface area (Å²) in [7, 11) is -0.400. The second kappa shape index (κ2) is 6.29. The van der Waals surface area contributed by atoms with Crippen molar-refractivity contribution >= 4 is 15.8 Å². The van der Waals surface area contributed by atoms with E-state index >= 15 is 0 Å². The van der Waals surface area contributed by atoms with Gasteiger partial charge in [-0.25, -0.2) is 17.7 Å². The molecule has 2 rings (SSSR count). The van der Waals surface area contributed by atoms with Gasteiger partial charge in [0.05, 0.1) is 0 Å². The minimum absolute atomic E-state index is 0.203. The Hall–Kier alpha value is -1.18. The predicted octanol–water partition coefficient (Wildman–Crippen LogP) is 1.56. The summed E-state index contributed by atoms with van der Waals surface area (Å²) in [6.07, 6.45) is 3.43. The lowest BCUT2D eigenvalue weighted by Crippen LogP contribution is -2.33. The molecule has 0 saturated carbocycles. The monoisotopic (exact) mass is 313 g/mol. The van der Waals surface area contributed by atoms with Crippen LogP contribution in [0.3, 0.4) is 0 Å². The number of aromatic nitrogens is 1. The summed E-state index contributed by atoms with van der Waals surface area (Å²) in [4.78, 5) is 4.40. The number of hydrogen-bond donors (Lipinski definition) is 1. The van der Waals surface area contributed by atoms with Crippen molar-refractivity contribution in [3.05, 3.63) is 18.3 Å². The van der Waals surface area contributed by atoms with Gasteiger partial charge in [0.25, 0.3) is 0 Å². The molecule has 118 valence electrons. The molecule has 0 aliphatic carbocycles. The number of ether oxygens (including phenoxy) is 1. The molecule has 6 nitrogen and oxygen atoms in total. The molecular weight excluding hydrogens is 290 g/mol. The zero-order chi connectivity index (χ0) is 15.5. The van der Waals surface area contributed by atoms with Crippen LogP contribution in [0.4, 0.5) is 5.82 Å². The quantitative estimate of drug-likeness (QED) is 0.893. The lowest BCUT2D eigenvalue weighted by atomic mass is 9.82. The standard InChI is InChI=1S/C14H23N3O3S/c1-14(6-8-20-9-7-14)11-16-13-5-4-12(10-15-13)21(18,19)17(2)3/h4-5,10H,6-9,11H2,1-3H3,(H,15,16). The number of hydrogen-bond acceptors (Lipinski definition) is 5. The van der Waals surface area contributed by atoms with Gasteiger partial charge in [-0.15, -0.1) is 0 Å². The minimum Gasteiger partial charge on any atom is -0.381 e. The van der Waals surface area contributed by atoms with Crippen molar-refractivity contribution in [1.29, 1.82) is 0 Å². The van der Waals surface area contributed by atoms with Gasteiger partial charge in [0.1, 0.15) is 10.7 Å². The molecule has 1 aliphatic rings. The molecule has 21 heavy (non-hydrogen) atoms. The van der Waals surface area contributed by atoms with E-state index in [0.29, 0.717) is 5.82 Å². The molecule has 1 aromatic heterocycles. The van der Waals surface area contributed by atoms with Crippen LogP contribution >= 0.6 is 0 Å². The van der Waals surface area contributed by atoms with Gasteiger partial charge in [0.15, 0.2) is 0 Å². The van der Waals surface area contributed by atoms with Crippen LogP contribution in [0.2, 0.25) is 0 Å². The summed E-state index contributed by atoms with van der Waals surface area (Å²) in [5.74, 6) is 0.695. The first-order valence-corrected chi connectivity index (χ1v) is 8.48. The summed E-state index contributed by atoms with van der Waals surface area (Å²) in [6, 6.07) is 3.29. The molecule has 7 heteroatoms. The highest BCUT2D eigenvalue weighted by molar-refractivity contribution is 7.89. The lowest BCUT2D eigenvalue weighted by molar-refractivity contribution is 0.0300. The molecule has 0 aromatic carbocycles. The average Bonchev–Trinajstić information content (AvgIpc) is 2.46. The summed E-state index contributed by atoms with van der Waals surface area (Å²) in [6.45, 7) is 4.63. The molecule has 0 bridgehead atoms. The Bertz CT molecular complexity index is 564. The fourth-order valence-corrected chi connectivity index (χ4v) is 3.04. The maximum Gasteiger partial charge on any atom is 0.244 e. The first-order valence-electron chi connectivity index (χ1n) is 7.04. The number of rotatable bonds is 5. The Kier molecular flexibility index (Phi) is 4.85. The molecule has 1 saturated heterocycles. The van der Waals surface area contributed by atoms with Crippen molar-refractivity contribution in [3.8, 4) is 0 Å². The van der Waals surface area contributed by atoms with E-state index in [1.165, 1.54) is 24.6 Å². The molecule has 0 spiro atoms. The number of nitrogens with one attached hydrogen (secondary N) is 1. The van der Waals surface area contributed by atoms with Gasteiger partial charge in [-0.2, -0.15) is 0 Å². The Labute approximate surface area is 126 Å². The van der Waals surface area contributed by atoms with Gasteiger partial charge < -0.3 is 10.1 Å². The van der Waals surface area contributed by atoms with Crippen LogP contribution < -0.4 is 5.32 Å². The maximum atomic E-state index is 12.0. The molecule has 1 N–H and O–H groups in total. The number of anilines is 1. The van der Waals surface area contributed by atoms with Crippen molar-refractivity contribution in [1.82, 2.24) is 9.29 Å². The largest absolute Gasteiger partial charge is 0.381 e. The molecule has 2 heterocycles. The summed E-state index contributed by atoms with van der Waals surface area (Å²) in [5.41, 5.74) is 0.203. The number of pyridine rings is 1. The smallest absolute Gasteiger partial charge is 0.244 e. The second-order valence-electron chi connectivity index (χ2n) is 5.94. The molecular formula is C14H23N3O3S. The molecule has 0 atom stereocenters. The predicted molar refractivity (Wildman–Crippen MR) is 81.8 cm³/mol. The first-order chi connectivity index (χ1) is 9.83. The third-order valence-corrected chi connectivity index (χ3v) is 5.71. The van der Waals surface area contributed by atoms with Crippen LogP contribution in [0, 0.1) is 5.41 Å². The molecule has 0 amide bonds. The van der Waals surface area contributed by atoms with Gasteiger partial charge in [-0.3, -0.25) is 0 Å². The van der Waals surface area contributed by atoms with Crippen molar-refractivity contribution in [2.75, 3.05) is 39.2 Å². The number of sulfonamides is 1. The van der Waals surface area contributed by atoms with Gasteiger partial charge in [-0.05, 0) is 30.4 Å². The van der Waals surface area contributed by atoms with Crippen LogP contribution in [0.1, 0.15) is 19.8 Å². The second-order valence-corrected chi connectivity index (χ2v) is 8.09. The third-order valence-electron chi connectivity index (χ3n) is 3.91. The van der Waals surface area contributed by atoms with Crippen molar-refractivity contribution in [3.63, 3.8) is 0 Å². The normalized spacial score (nSPS) is 18.7. The Morgan fingerprint density at radius 2 is 2.00 bits per heavy atom. The first kappa shape index (κ1) is 16.2. The Morgan fingerprint density at radius 1 is 1.33 bits per heavy atom. The fourth-order valence-electron chi connectivity index (χ4n) is 2.19. The van der Waals surface area contributed by atoms with Crippen LogP contribution in [0.25, 0.3) is 0 Å². The Balaban J connectivity index is 2.00. The van der Waals surface area contributed by atoms with E-state index in [1.54, 1.807) is 12.1 Å². The molecule has 0 unspecified atom stereocenters. The third kappa shape index (κ3) is 3.93. The van der Waals surface area contributed by atoms with Crippen LogP contribution in [0.15, 0.2) is 23.2 Å². The van der Waals surface area contributed by atoms with Crippen molar-refractivity contribution in [2.24, 2.45) is 5.41 Å². The summed E-state index contributed by atoms with van der Waals surface area (Å²) in [5, 5.41) is 3.29. The van der Waals surface area contributed by atoms with Crippen LogP contribution in [-0.4, -0.2) is 51.6 Å². The SMILES string of the molecule is CN(C)S(=O)(=O)c1ccc(NCC2(C)CCOCC2)nc1. The van der Waals surface area contributed by atoms with Crippen LogP contribution in [-0.2, 0) is 14.8 Å². The zero-order valence-corrected chi connectivity index (χ0v) is 13.6. The Morgan fingerprint density at radius 3 is 2.52 bits per heavy atom. The average molecular weight is 313 g/mol. The van der Waals surface area contributed by atoms with Gasteiger partial charge >= 0.3 is 0 Å².